The third-order valence-electron chi connectivity index (χ3n) is 2.69. The normalized spacial score (nSPS) is 15.1. The summed E-state index contributed by atoms with van der Waals surface area (Å²) in [4.78, 5) is 0. The number of nitrogens with one attached hydrogen (secondary N) is 1. The molecule has 0 aliphatic heterocycles. The van der Waals surface area contributed by atoms with E-state index < -0.39 is 0 Å². The maximum absolute atomic E-state index is 5.54. The Hall–Kier alpha value is -0.420. The molecule has 3 N–H and O–H groups in total. The molecule has 15 heavy (non-hydrogen) atoms. The van der Waals surface area contributed by atoms with Gasteiger partial charge in [-0.3, -0.25) is 11.3 Å². The van der Waals surface area contributed by atoms with E-state index in [-0.39, 0.29) is 12.1 Å². The topological polar surface area (TPSA) is 47.3 Å². The van der Waals surface area contributed by atoms with Gasteiger partial charge in [0.2, 0.25) is 0 Å². The van der Waals surface area contributed by atoms with Gasteiger partial charge in [0.25, 0.3) is 0 Å². The second-order valence-corrected chi connectivity index (χ2v) is 4.41. The van der Waals surface area contributed by atoms with E-state index in [0.29, 0.717) is 0 Å². The summed E-state index contributed by atoms with van der Waals surface area (Å²) in [6.45, 7) is 2.11. The van der Waals surface area contributed by atoms with Crippen LogP contribution in [0.2, 0.25) is 0 Å². The molecule has 0 bridgehead atoms. The summed E-state index contributed by atoms with van der Waals surface area (Å²) < 4.78 is 5.38. The summed E-state index contributed by atoms with van der Waals surface area (Å²) >= 11 is 1.74. The average Bonchev–Trinajstić information content (AvgIpc) is 2.77. The van der Waals surface area contributed by atoms with Crippen LogP contribution in [0.4, 0.5) is 0 Å². The van der Waals surface area contributed by atoms with Crippen LogP contribution < -0.4 is 11.3 Å². The van der Waals surface area contributed by atoms with Crippen molar-refractivity contribution in [3.63, 3.8) is 0 Å². The molecular formula is C11H20N2OS. The van der Waals surface area contributed by atoms with Crippen LogP contribution in [0.5, 0.6) is 0 Å². The summed E-state index contributed by atoms with van der Waals surface area (Å²) in [7, 11) is 1.74. The fourth-order valence-electron chi connectivity index (χ4n) is 1.75. The molecule has 0 fully saturated rings. The molecule has 0 spiro atoms. The molecule has 0 aliphatic rings. The van der Waals surface area contributed by atoms with Crippen molar-refractivity contribution in [2.24, 2.45) is 5.84 Å². The Labute approximate surface area is 95.6 Å². The summed E-state index contributed by atoms with van der Waals surface area (Å²) in [6.07, 6.45) is 3.25. The molecule has 4 heteroatoms. The van der Waals surface area contributed by atoms with Gasteiger partial charge in [-0.15, -0.1) is 0 Å². The zero-order valence-corrected chi connectivity index (χ0v) is 10.2. The Balaban J connectivity index is 2.39. The number of ether oxygens (including phenoxy) is 1. The third-order valence-corrected chi connectivity index (χ3v) is 3.42. The average molecular weight is 228 g/mol. The second kappa shape index (κ2) is 6.95. The standard InChI is InChI=1S/C11H20N2OS/c1-3-11(14-2)10(13-12)5-4-9-6-7-15-8-9/h6-8,10-11,13H,3-5,12H2,1-2H3. The van der Waals surface area contributed by atoms with E-state index in [2.05, 4.69) is 29.2 Å². The van der Waals surface area contributed by atoms with Gasteiger partial charge in [0.1, 0.15) is 0 Å². The highest BCUT2D eigenvalue weighted by atomic mass is 32.1. The number of thiophene rings is 1. The number of nitrogens with two attached hydrogens (primary N) is 1. The maximum atomic E-state index is 5.54. The smallest absolute Gasteiger partial charge is 0.0735 e. The second-order valence-electron chi connectivity index (χ2n) is 3.63. The van der Waals surface area contributed by atoms with Gasteiger partial charge in [0.05, 0.1) is 6.10 Å². The van der Waals surface area contributed by atoms with Crippen molar-refractivity contribution in [3.8, 4) is 0 Å². The predicted molar refractivity (Wildman–Crippen MR) is 64.8 cm³/mol. The highest BCUT2D eigenvalue weighted by molar-refractivity contribution is 7.07. The highest BCUT2D eigenvalue weighted by Gasteiger charge is 2.17. The molecule has 2 atom stereocenters. The lowest BCUT2D eigenvalue weighted by Gasteiger charge is -2.24. The number of hydrogen-bond acceptors (Lipinski definition) is 4. The molecule has 0 amide bonds. The van der Waals surface area contributed by atoms with Crippen molar-refractivity contribution < 1.29 is 4.74 Å². The summed E-state index contributed by atoms with van der Waals surface area (Å²) in [6, 6.07) is 2.39. The van der Waals surface area contributed by atoms with E-state index in [1.54, 1.807) is 18.4 Å². The van der Waals surface area contributed by atoms with E-state index in [1.165, 1.54) is 5.56 Å². The fourth-order valence-corrected chi connectivity index (χ4v) is 2.45. The molecule has 1 aromatic rings. The molecule has 0 saturated heterocycles. The summed E-state index contributed by atoms with van der Waals surface area (Å²) in [5.74, 6) is 5.54. The van der Waals surface area contributed by atoms with Crippen molar-refractivity contribution in [2.75, 3.05) is 7.11 Å². The molecule has 0 saturated carbocycles. The van der Waals surface area contributed by atoms with Gasteiger partial charge < -0.3 is 4.74 Å². The molecule has 3 nitrogen and oxygen atoms in total. The van der Waals surface area contributed by atoms with Crippen LogP contribution in [0.1, 0.15) is 25.3 Å². The number of hydrogen-bond donors (Lipinski definition) is 2. The lowest BCUT2D eigenvalue weighted by atomic mass is 10.0. The molecule has 86 valence electrons. The van der Waals surface area contributed by atoms with Crippen molar-refractivity contribution in [2.45, 2.75) is 38.3 Å². The van der Waals surface area contributed by atoms with E-state index in [9.17, 15) is 0 Å². The number of hydrazine groups is 1. The Bertz CT molecular complexity index is 247. The van der Waals surface area contributed by atoms with Crippen LogP contribution in [0.3, 0.4) is 0 Å². The lowest BCUT2D eigenvalue weighted by molar-refractivity contribution is 0.0626. The Morgan fingerprint density at radius 1 is 1.60 bits per heavy atom. The quantitative estimate of drug-likeness (QED) is 0.554. The predicted octanol–water partition coefficient (Wildman–Crippen LogP) is 1.94. The van der Waals surface area contributed by atoms with Crippen LogP contribution in [0, 0.1) is 0 Å². The monoisotopic (exact) mass is 228 g/mol. The van der Waals surface area contributed by atoms with Crippen molar-refractivity contribution in [1.29, 1.82) is 0 Å². The highest BCUT2D eigenvalue weighted by Crippen LogP contribution is 2.13. The molecular weight excluding hydrogens is 208 g/mol. The summed E-state index contributed by atoms with van der Waals surface area (Å²) in [5.41, 5.74) is 4.23. The van der Waals surface area contributed by atoms with Gasteiger partial charge >= 0.3 is 0 Å². The van der Waals surface area contributed by atoms with E-state index in [0.717, 1.165) is 19.3 Å². The van der Waals surface area contributed by atoms with Crippen LogP contribution in [-0.2, 0) is 11.2 Å². The minimum absolute atomic E-state index is 0.202. The molecule has 1 heterocycles. The van der Waals surface area contributed by atoms with Crippen molar-refractivity contribution in [1.82, 2.24) is 5.43 Å². The van der Waals surface area contributed by atoms with Gasteiger partial charge in [-0.25, -0.2) is 0 Å². The first-order valence-electron chi connectivity index (χ1n) is 5.31. The SMILES string of the molecule is CCC(OC)C(CCc1ccsc1)NN. The molecule has 1 aromatic heterocycles. The van der Waals surface area contributed by atoms with Gasteiger partial charge in [0.15, 0.2) is 0 Å². The first kappa shape index (κ1) is 12.6. The lowest BCUT2D eigenvalue weighted by Crippen LogP contribution is -2.44. The van der Waals surface area contributed by atoms with Gasteiger partial charge in [-0.2, -0.15) is 11.3 Å². The van der Waals surface area contributed by atoms with Crippen LogP contribution in [0.15, 0.2) is 16.8 Å². The zero-order valence-electron chi connectivity index (χ0n) is 9.40. The first-order valence-corrected chi connectivity index (χ1v) is 6.26. The fraction of sp³-hybridized carbons (Fsp3) is 0.636. The largest absolute Gasteiger partial charge is 0.380 e. The maximum Gasteiger partial charge on any atom is 0.0735 e. The van der Waals surface area contributed by atoms with E-state index in [1.807, 2.05) is 0 Å². The van der Waals surface area contributed by atoms with Gasteiger partial charge in [0, 0.05) is 13.2 Å². The van der Waals surface area contributed by atoms with E-state index >= 15 is 0 Å². The summed E-state index contributed by atoms with van der Waals surface area (Å²) in [5, 5.41) is 4.29. The van der Waals surface area contributed by atoms with Crippen molar-refractivity contribution >= 4 is 11.3 Å². The Kier molecular flexibility index (Phi) is 5.86. The van der Waals surface area contributed by atoms with Gasteiger partial charge in [-0.1, -0.05) is 6.92 Å². The van der Waals surface area contributed by atoms with Crippen LogP contribution >= 0.6 is 11.3 Å². The minimum atomic E-state index is 0.202. The Morgan fingerprint density at radius 3 is 2.87 bits per heavy atom. The Morgan fingerprint density at radius 2 is 2.40 bits per heavy atom. The molecule has 2 unspecified atom stereocenters. The van der Waals surface area contributed by atoms with Gasteiger partial charge in [-0.05, 0) is 41.7 Å². The van der Waals surface area contributed by atoms with Crippen LogP contribution in [0.25, 0.3) is 0 Å². The van der Waals surface area contributed by atoms with Crippen molar-refractivity contribution in [3.05, 3.63) is 22.4 Å². The molecule has 0 radical (unpaired) electrons. The number of aryl methyl sites for hydroxylation is 1. The zero-order chi connectivity index (χ0) is 11.1. The molecule has 0 aliphatic carbocycles. The van der Waals surface area contributed by atoms with E-state index in [4.69, 9.17) is 10.6 Å². The third kappa shape index (κ3) is 3.91. The number of methoxy groups -OCH3 is 1. The molecule has 0 aromatic carbocycles. The van der Waals surface area contributed by atoms with Crippen LogP contribution in [-0.4, -0.2) is 19.3 Å². The molecule has 1 rings (SSSR count). The number of rotatable bonds is 7. The first-order chi connectivity index (χ1) is 7.31. The minimum Gasteiger partial charge on any atom is -0.380 e.